The number of rotatable bonds is 5. The van der Waals surface area contributed by atoms with Gasteiger partial charge in [-0.2, -0.15) is 0 Å². The molecule has 1 aliphatic rings. The maximum absolute atomic E-state index is 5.93. The van der Waals surface area contributed by atoms with Crippen molar-refractivity contribution >= 4 is 0 Å². The maximum Gasteiger partial charge on any atom is 0.119 e. The van der Waals surface area contributed by atoms with Crippen LogP contribution in [0.4, 0.5) is 0 Å². The summed E-state index contributed by atoms with van der Waals surface area (Å²) in [6.45, 7) is 8.34. The molecule has 1 N–H and O–H groups in total. The Morgan fingerprint density at radius 3 is 2.63 bits per heavy atom. The molecule has 0 spiro atoms. The van der Waals surface area contributed by atoms with Gasteiger partial charge in [0.2, 0.25) is 0 Å². The smallest absolute Gasteiger partial charge is 0.119 e. The monoisotopic (exact) mass is 261 g/mol. The Morgan fingerprint density at radius 2 is 1.95 bits per heavy atom. The highest BCUT2D eigenvalue weighted by atomic mass is 16.5. The lowest BCUT2D eigenvalue weighted by molar-refractivity contribution is 0.252. The molecule has 1 saturated carbocycles. The van der Waals surface area contributed by atoms with Gasteiger partial charge in [-0.1, -0.05) is 25.0 Å². The molecule has 0 bridgehead atoms. The number of ether oxygens (including phenoxy) is 1. The summed E-state index contributed by atoms with van der Waals surface area (Å²) < 4.78 is 5.93. The van der Waals surface area contributed by atoms with Crippen LogP contribution in [0.3, 0.4) is 0 Å². The van der Waals surface area contributed by atoms with E-state index in [2.05, 4.69) is 50.4 Å². The van der Waals surface area contributed by atoms with Crippen molar-refractivity contribution < 1.29 is 4.74 Å². The number of benzene rings is 1. The summed E-state index contributed by atoms with van der Waals surface area (Å²) in [6, 6.07) is 8.47. The van der Waals surface area contributed by atoms with Crippen LogP contribution in [-0.4, -0.2) is 12.1 Å². The van der Waals surface area contributed by atoms with E-state index in [0.29, 0.717) is 0 Å². The van der Waals surface area contributed by atoms with E-state index in [1.807, 2.05) is 0 Å². The van der Waals surface area contributed by atoms with Crippen molar-refractivity contribution in [1.29, 1.82) is 0 Å². The van der Waals surface area contributed by atoms with E-state index in [9.17, 15) is 0 Å². The molecule has 2 rings (SSSR count). The first kappa shape index (κ1) is 14.4. The first-order valence-corrected chi connectivity index (χ1v) is 7.50. The third-order valence-corrected chi connectivity index (χ3v) is 3.68. The van der Waals surface area contributed by atoms with Gasteiger partial charge in [0.25, 0.3) is 0 Å². The lowest BCUT2D eigenvalue weighted by Crippen LogP contribution is -2.35. The normalized spacial score (nSPS) is 16.8. The molecule has 1 aliphatic carbocycles. The van der Waals surface area contributed by atoms with Crippen LogP contribution >= 0.6 is 0 Å². The summed E-state index contributed by atoms with van der Waals surface area (Å²) in [5.41, 5.74) is 1.44. The fourth-order valence-electron chi connectivity index (χ4n) is 2.50. The zero-order valence-corrected chi connectivity index (χ0v) is 12.5. The number of hydrogen-bond donors (Lipinski definition) is 1. The van der Waals surface area contributed by atoms with Gasteiger partial charge in [-0.3, -0.25) is 0 Å². The summed E-state index contributed by atoms with van der Waals surface area (Å²) in [7, 11) is 0. The van der Waals surface area contributed by atoms with Crippen molar-refractivity contribution in [3.05, 3.63) is 29.8 Å². The van der Waals surface area contributed by atoms with Crippen LogP contribution in [0.15, 0.2) is 24.3 Å². The zero-order chi connectivity index (χ0) is 13.7. The molecule has 0 unspecified atom stereocenters. The lowest BCUT2D eigenvalue weighted by atomic mass is 10.1. The van der Waals surface area contributed by atoms with Crippen molar-refractivity contribution in [2.45, 2.75) is 58.5 Å². The van der Waals surface area contributed by atoms with Gasteiger partial charge < -0.3 is 10.1 Å². The van der Waals surface area contributed by atoms with Gasteiger partial charge >= 0.3 is 0 Å². The van der Waals surface area contributed by atoms with Crippen LogP contribution in [0.1, 0.15) is 52.0 Å². The highest BCUT2D eigenvalue weighted by Crippen LogP contribution is 2.25. The van der Waals surface area contributed by atoms with Crippen molar-refractivity contribution in [3.63, 3.8) is 0 Å². The Morgan fingerprint density at radius 1 is 1.21 bits per heavy atom. The van der Waals surface area contributed by atoms with Crippen molar-refractivity contribution in [2.24, 2.45) is 5.92 Å². The molecule has 0 saturated heterocycles. The van der Waals surface area contributed by atoms with E-state index in [0.717, 1.165) is 24.8 Å². The van der Waals surface area contributed by atoms with E-state index in [1.54, 1.807) is 0 Å². The molecule has 0 amide bonds. The molecule has 2 nitrogen and oxygen atoms in total. The summed E-state index contributed by atoms with van der Waals surface area (Å²) >= 11 is 0. The average Bonchev–Trinajstić information content (AvgIpc) is 2.87. The molecule has 0 aliphatic heterocycles. The highest BCUT2D eigenvalue weighted by molar-refractivity contribution is 5.28. The maximum atomic E-state index is 5.93. The molecular formula is C17H27NO. The van der Waals surface area contributed by atoms with Gasteiger partial charge in [-0.15, -0.1) is 0 Å². The molecule has 1 aromatic carbocycles. The molecule has 1 fully saturated rings. The second kappa shape index (κ2) is 6.42. The standard InChI is InChI=1S/C17H27NO/c1-17(2,3)18-12-15-9-6-10-16(11-15)19-13-14-7-4-5-8-14/h6,9-11,14,18H,4-5,7-8,12-13H2,1-3H3. The van der Waals surface area contributed by atoms with Crippen LogP contribution in [0.2, 0.25) is 0 Å². The largest absolute Gasteiger partial charge is 0.493 e. The summed E-state index contributed by atoms with van der Waals surface area (Å²) in [5, 5.41) is 3.51. The molecular weight excluding hydrogens is 234 g/mol. The van der Waals surface area contributed by atoms with E-state index < -0.39 is 0 Å². The highest BCUT2D eigenvalue weighted by Gasteiger charge is 2.15. The van der Waals surface area contributed by atoms with Gasteiger partial charge in [0, 0.05) is 12.1 Å². The average molecular weight is 261 g/mol. The van der Waals surface area contributed by atoms with Crippen molar-refractivity contribution in [3.8, 4) is 5.75 Å². The van der Waals surface area contributed by atoms with Crippen LogP contribution < -0.4 is 10.1 Å². The number of hydrogen-bond acceptors (Lipinski definition) is 2. The Labute approximate surface area is 117 Å². The fraction of sp³-hybridized carbons (Fsp3) is 0.647. The van der Waals surface area contributed by atoms with Gasteiger partial charge in [-0.05, 0) is 57.2 Å². The summed E-state index contributed by atoms with van der Waals surface area (Å²) in [4.78, 5) is 0. The van der Waals surface area contributed by atoms with Crippen LogP contribution in [0.5, 0.6) is 5.75 Å². The second-order valence-corrected chi connectivity index (χ2v) is 6.71. The van der Waals surface area contributed by atoms with E-state index >= 15 is 0 Å². The molecule has 2 heteroatoms. The van der Waals surface area contributed by atoms with E-state index in [4.69, 9.17) is 4.74 Å². The molecule has 0 radical (unpaired) electrons. The fourth-order valence-corrected chi connectivity index (χ4v) is 2.50. The minimum atomic E-state index is 0.153. The van der Waals surface area contributed by atoms with E-state index in [-0.39, 0.29) is 5.54 Å². The lowest BCUT2D eigenvalue weighted by Gasteiger charge is -2.20. The second-order valence-electron chi connectivity index (χ2n) is 6.71. The summed E-state index contributed by atoms with van der Waals surface area (Å²) in [5.74, 6) is 1.79. The first-order valence-electron chi connectivity index (χ1n) is 7.50. The van der Waals surface area contributed by atoms with Gasteiger partial charge in [0.15, 0.2) is 0 Å². The van der Waals surface area contributed by atoms with Crippen LogP contribution in [-0.2, 0) is 6.54 Å². The quantitative estimate of drug-likeness (QED) is 0.860. The van der Waals surface area contributed by atoms with Crippen molar-refractivity contribution in [1.82, 2.24) is 5.32 Å². The molecule has 19 heavy (non-hydrogen) atoms. The van der Waals surface area contributed by atoms with Gasteiger partial charge in [-0.25, -0.2) is 0 Å². The molecule has 0 heterocycles. The summed E-state index contributed by atoms with van der Waals surface area (Å²) in [6.07, 6.45) is 5.43. The molecule has 1 aromatic rings. The van der Waals surface area contributed by atoms with Gasteiger partial charge in [0.1, 0.15) is 5.75 Å². The van der Waals surface area contributed by atoms with Crippen LogP contribution in [0.25, 0.3) is 0 Å². The Bertz CT molecular complexity index is 388. The number of nitrogens with one attached hydrogen (secondary N) is 1. The predicted molar refractivity (Wildman–Crippen MR) is 80.5 cm³/mol. The Kier molecular flexibility index (Phi) is 4.87. The molecule has 106 valence electrons. The predicted octanol–water partition coefficient (Wildman–Crippen LogP) is 4.14. The zero-order valence-electron chi connectivity index (χ0n) is 12.5. The van der Waals surface area contributed by atoms with Crippen molar-refractivity contribution in [2.75, 3.05) is 6.61 Å². The molecule has 0 aromatic heterocycles. The Balaban J connectivity index is 1.84. The van der Waals surface area contributed by atoms with E-state index in [1.165, 1.54) is 31.2 Å². The first-order chi connectivity index (χ1) is 9.03. The minimum absolute atomic E-state index is 0.153. The SMILES string of the molecule is CC(C)(C)NCc1cccc(OCC2CCCC2)c1. The van der Waals surface area contributed by atoms with Gasteiger partial charge in [0.05, 0.1) is 6.61 Å². The third kappa shape index (κ3) is 5.23. The topological polar surface area (TPSA) is 21.3 Å². The Hall–Kier alpha value is -1.02. The third-order valence-electron chi connectivity index (χ3n) is 3.68. The van der Waals surface area contributed by atoms with Crippen LogP contribution in [0, 0.1) is 5.92 Å². The minimum Gasteiger partial charge on any atom is -0.493 e. The molecule has 0 atom stereocenters.